The van der Waals surface area contributed by atoms with Gasteiger partial charge in [0.05, 0.1) is 12.1 Å². The zero-order valence-electron chi connectivity index (χ0n) is 10.2. The zero-order chi connectivity index (χ0) is 12.9. The van der Waals surface area contributed by atoms with Crippen molar-refractivity contribution in [1.29, 1.82) is 0 Å². The lowest BCUT2D eigenvalue weighted by Crippen LogP contribution is -2.41. The van der Waals surface area contributed by atoms with E-state index in [-0.39, 0.29) is 23.9 Å². The molecule has 0 rings (SSSR count). The van der Waals surface area contributed by atoms with Gasteiger partial charge in [0.15, 0.2) is 5.78 Å². The number of ketones is 2. The molecule has 0 aliphatic rings. The summed E-state index contributed by atoms with van der Waals surface area (Å²) in [5.74, 6) is -1.02. The summed E-state index contributed by atoms with van der Waals surface area (Å²) in [5.41, 5.74) is 5.40. The first-order valence-corrected chi connectivity index (χ1v) is 5.34. The van der Waals surface area contributed by atoms with E-state index in [1.807, 2.05) is 0 Å². The van der Waals surface area contributed by atoms with E-state index in [0.717, 1.165) is 0 Å². The Balaban J connectivity index is 4.19. The van der Waals surface area contributed by atoms with Crippen molar-refractivity contribution in [2.45, 2.75) is 46.2 Å². The summed E-state index contributed by atoms with van der Waals surface area (Å²) in [5, 5.41) is 2.54. The van der Waals surface area contributed by atoms with Crippen LogP contribution in [0.2, 0.25) is 0 Å². The molecule has 0 bridgehead atoms. The summed E-state index contributed by atoms with van der Waals surface area (Å²) < 4.78 is 0. The maximum Gasteiger partial charge on any atom is 0.223 e. The molecule has 0 saturated carbocycles. The molecule has 0 heterocycles. The minimum Gasteiger partial charge on any atom is -0.346 e. The van der Waals surface area contributed by atoms with Crippen molar-refractivity contribution < 1.29 is 14.4 Å². The third-order valence-corrected chi connectivity index (χ3v) is 2.43. The van der Waals surface area contributed by atoms with Crippen LogP contribution in [0.5, 0.6) is 0 Å². The average molecular weight is 228 g/mol. The summed E-state index contributed by atoms with van der Waals surface area (Å²) in [4.78, 5) is 33.8. The minimum atomic E-state index is -0.555. The van der Waals surface area contributed by atoms with Crippen LogP contribution in [0.15, 0.2) is 0 Å². The molecule has 3 N–H and O–H groups in total. The molecule has 0 fully saturated rings. The highest BCUT2D eigenvalue weighted by molar-refractivity contribution is 5.91. The highest BCUT2D eigenvalue weighted by Crippen LogP contribution is 2.05. The first kappa shape index (κ1) is 14.8. The van der Waals surface area contributed by atoms with E-state index in [9.17, 15) is 14.4 Å². The van der Waals surface area contributed by atoms with Gasteiger partial charge in [0.2, 0.25) is 5.91 Å². The van der Waals surface area contributed by atoms with Gasteiger partial charge in [-0.3, -0.25) is 14.4 Å². The van der Waals surface area contributed by atoms with Gasteiger partial charge in [-0.15, -0.1) is 0 Å². The molecule has 3 atom stereocenters. The van der Waals surface area contributed by atoms with Crippen LogP contribution in [-0.2, 0) is 14.4 Å². The standard InChI is InChI=1S/C11H20N2O3/c1-6(5-10(15)7(2)12)11(16)13-8(3)9(4)14/h6-8H,5,12H2,1-4H3,(H,13,16). The summed E-state index contributed by atoms with van der Waals surface area (Å²) in [6.45, 7) is 6.25. The van der Waals surface area contributed by atoms with Crippen LogP contribution in [0.3, 0.4) is 0 Å². The Morgan fingerprint density at radius 2 is 1.69 bits per heavy atom. The van der Waals surface area contributed by atoms with Crippen LogP contribution in [0, 0.1) is 5.92 Å². The largest absolute Gasteiger partial charge is 0.346 e. The maximum atomic E-state index is 11.6. The van der Waals surface area contributed by atoms with Crippen molar-refractivity contribution in [2.24, 2.45) is 11.7 Å². The Hall–Kier alpha value is -1.23. The third-order valence-electron chi connectivity index (χ3n) is 2.43. The van der Waals surface area contributed by atoms with Gasteiger partial charge in [0.25, 0.3) is 0 Å². The Morgan fingerprint density at radius 3 is 2.06 bits per heavy atom. The third kappa shape index (κ3) is 5.02. The summed E-state index contributed by atoms with van der Waals surface area (Å²) >= 11 is 0. The molecule has 92 valence electrons. The molecule has 0 saturated heterocycles. The van der Waals surface area contributed by atoms with E-state index in [4.69, 9.17) is 5.73 Å². The second kappa shape index (κ2) is 6.37. The Morgan fingerprint density at radius 1 is 1.19 bits per heavy atom. The van der Waals surface area contributed by atoms with Gasteiger partial charge in [-0.25, -0.2) is 0 Å². The molecule has 5 heteroatoms. The van der Waals surface area contributed by atoms with Gasteiger partial charge in [-0.2, -0.15) is 0 Å². The van der Waals surface area contributed by atoms with E-state index in [0.29, 0.717) is 0 Å². The minimum absolute atomic E-state index is 0.105. The van der Waals surface area contributed by atoms with Crippen molar-refractivity contribution in [3.63, 3.8) is 0 Å². The molecule has 16 heavy (non-hydrogen) atoms. The van der Waals surface area contributed by atoms with E-state index in [2.05, 4.69) is 5.32 Å². The molecular formula is C11H20N2O3. The van der Waals surface area contributed by atoms with E-state index in [1.165, 1.54) is 6.92 Å². The molecule has 0 spiro atoms. The number of hydrogen-bond donors (Lipinski definition) is 2. The molecule has 5 nitrogen and oxygen atoms in total. The van der Waals surface area contributed by atoms with Gasteiger partial charge < -0.3 is 11.1 Å². The Bertz CT molecular complexity index is 287. The molecule has 0 aliphatic carbocycles. The summed E-state index contributed by atoms with van der Waals surface area (Å²) in [6.07, 6.45) is 0.105. The molecule has 0 aromatic rings. The van der Waals surface area contributed by atoms with Crippen LogP contribution >= 0.6 is 0 Å². The lowest BCUT2D eigenvalue weighted by molar-refractivity contribution is -0.131. The highest BCUT2D eigenvalue weighted by atomic mass is 16.2. The molecule has 0 aliphatic heterocycles. The van der Waals surface area contributed by atoms with Gasteiger partial charge in [0, 0.05) is 12.3 Å². The van der Waals surface area contributed by atoms with Gasteiger partial charge in [-0.1, -0.05) is 6.92 Å². The molecule has 0 aromatic carbocycles. The smallest absolute Gasteiger partial charge is 0.223 e. The van der Waals surface area contributed by atoms with Gasteiger partial charge >= 0.3 is 0 Å². The second-order valence-electron chi connectivity index (χ2n) is 4.20. The molecule has 1 amide bonds. The molecular weight excluding hydrogens is 208 g/mol. The Labute approximate surface area is 95.8 Å². The number of hydrogen-bond acceptors (Lipinski definition) is 4. The number of amides is 1. The SMILES string of the molecule is CC(=O)C(C)NC(=O)C(C)CC(=O)C(C)N. The quantitative estimate of drug-likeness (QED) is 0.671. The van der Waals surface area contributed by atoms with Crippen LogP contribution in [0.4, 0.5) is 0 Å². The second-order valence-corrected chi connectivity index (χ2v) is 4.20. The summed E-state index contributed by atoms with van der Waals surface area (Å²) in [7, 11) is 0. The van der Waals surface area contributed by atoms with Crippen molar-refractivity contribution in [2.75, 3.05) is 0 Å². The number of carbonyl (C=O) groups is 3. The summed E-state index contributed by atoms with van der Waals surface area (Å²) in [6, 6.07) is -1.07. The molecule has 3 unspecified atom stereocenters. The molecule has 0 radical (unpaired) electrons. The predicted molar refractivity (Wildman–Crippen MR) is 60.7 cm³/mol. The van der Waals surface area contributed by atoms with Crippen molar-refractivity contribution in [3.8, 4) is 0 Å². The fourth-order valence-electron chi connectivity index (χ4n) is 1.04. The van der Waals surface area contributed by atoms with Gasteiger partial charge in [0.1, 0.15) is 5.78 Å². The topological polar surface area (TPSA) is 89.3 Å². The predicted octanol–water partition coefficient (Wildman–Crippen LogP) is 0.0226. The van der Waals surface area contributed by atoms with Crippen molar-refractivity contribution >= 4 is 17.5 Å². The van der Waals surface area contributed by atoms with Gasteiger partial charge in [-0.05, 0) is 20.8 Å². The van der Waals surface area contributed by atoms with E-state index >= 15 is 0 Å². The molecule has 0 aromatic heterocycles. The fraction of sp³-hybridized carbons (Fsp3) is 0.727. The Kier molecular flexibility index (Phi) is 5.88. The highest BCUT2D eigenvalue weighted by Gasteiger charge is 2.21. The van der Waals surface area contributed by atoms with Crippen LogP contribution in [0.1, 0.15) is 34.1 Å². The first-order valence-electron chi connectivity index (χ1n) is 5.34. The lowest BCUT2D eigenvalue weighted by Gasteiger charge is -2.15. The van der Waals surface area contributed by atoms with E-state index in [1.54, 1.807) is 20.8 Å². The van der Waals surface area contributed by atoms with Crippen LogP contribution in [0.25, 0.3) is 0 Å². The van der Waals surface area contributed by atoms with Crippen LogP contribution < -0.4 is 11.1 Å². The first-order chi connectivity index (χ1) is 7.25. The normalized spacial score (nSPS) is 16.1. The number of Topliss-reactive ketones (excluding diaryl/α,β-unsaturated/α-hetero) is 2. The van der Waals surface area contributed by atoms with Crippen molar-refractivity contribution in [1.82, 2.24) is 5.32 Å². The monoisotopic (exact) mass is 228 g/mol. The zero-order valence-corrected chi connectivity index (χ0v) is 10.2. The number of carbonyl (C=O) groups excluding carboxylic acids is 3. The van der Waals surface area contributed by atoms with Crippen molar-refractivity contribution in [3.05, 3.63) is 0 Å². The number of nitrogens with two attached hydrogens (primary N) is 1. The fourth-order valence-corrected chi connectivity index (χ4v) is 1.04. The number of rotatable bonds is 6. The lowest BCUT2D eigenvalue weighted by atomic mass is 10.00. The average Bonchev–Trinajstić information content (AvgIpc) is 2.16. The maximum absolute atomic E-state index is 11.6. The number of nitrogens with one attached hydrogen (secondary N) is 1. The van der Waals surface area contributed by atoms with Crippen LogP contribution in [-0.4, -0.2) is 29.6 Å². The van der Waals surface area contributed by atoms with E-state index < -0.39 is 18.0 Å².